The third-order valence-electron chi connectivity index (χ3n) is 2.16. The molecule has 0 aliphatic heterocycles. The number of primary amides is 1. The fourth-order valence-corrected chi connectivity index (χ4v) is 1.28. The Morgan fingerprint density at radius 2 is 2.19 bits per heavy atom. The number of nitrogen functional groups attached to an aromatic ring is 1. The SMILES string of the molecule is Cc1cn(-c2cccc(C(N)=O)n2)nc1N. The molecule has 0 aliphatic carbocycles. The fraction of sp³-hybridized carbons (Fsp3) is 0.100. The standard InChI is InChI=1S/C10H11N5O/c1-6-5-15(14-9(6)11)8-4-2-3-7(13-8)10(12)16/h2-5H,1H3,(H2,11,14)(H2,12,16). The summed E-state index contributed by atoms with van der Waals surface area (Å²) in [5.41, 5.74) is 11.8. The van der Waals surface area contributed by atoms with Crippen LogP contribution in [0.25, 0.3) is 5.82 Å². The van der Waals surface area contributed by atoms with Gasteiger partial charge in [-0.05, 0) is 19.1 Å². The normalized spacial score (nSPS) is 10.3. The summed E-state index contributed by atoms with van der Waals surface area (Å²) in [6, 6.07) is 4.96. The summed E-state index contributed by atoms with van der Waals surface area (Å²) in [6.45, 7) is 1.84. The minimum Gasteiger partial charge on any atom is -0.382 e. The van der Waals surface area contributed by atoms with Gasteiger partial charge in [-0.1, -0.05) is 6.07 Å². The van der Waals surface area contributed by atoms with Crippen LogP contribution in [0.2, 0.25) is 0 Å². The minimum atomic E-state index is -0.571. The molecular weight excluding hydrogens is 206 g/mol. The number of aryl methyl sites for hydroxylation is 1. The first-order chi connectivity index (χ1) is 7.58. The van der Waals surface area contributed by atoms with Crippen molar-refractivity contribution in [1.29, 1.82) is 0 Å². The number of hydrogen-bond acceptors (Lipinski definition) is 4. The maximum absolute atomic E-state index is 11.0. The van der Waals surface area contributed by atoms with Crippen molar-refractivity contribution in [3.8, 4) is 5.82 Å². The highest BCUT2D eigenvalue weighted by Gasteiger charge is 2.07. The van der Waals surface area contributed by atoms with Crippen molar-refractivity contribution in [2.45, 2.75) is 6.92 Å². The molecule has 82 valence electrons. The van der Waals surface area contributed by atoms with Gasteiger partial charge in [-0.15, -0.1) is 5.10 Å². The van der Waals surface area contributed by atoms with Crippen molar-refractivity contribution >= 4 is 11.7 Å². The summed E-state index contributed by atoms with van der Waals surface area (Å²) in [6.07, 6.45) is 1.74. The van der Waals surface area contributed by atoms with Gasteiger partial charge in [0.2, 0.25) is 0 Å². The lowest BCUT2D eigenvalue weighted by Crippen LogP contribution is -2.14. The van der Waals surface area contributed by atoms with E-state index in [0.717, 1.165) is 5.56 Å². The van der Waals surface area contributed by atoms with Gasteiger partial charge in [-0.3, -0.25) is 4.79 Å². The maximum Gasteiger partial charge on any atom is 0.267 e. The first kappa shape index (κ1) is 10.2. The topological polar surface area (TPSA) is 99.8 Å². The van der Waals surface area contributed by atoms with Crippen molar-refractivity contribution in [2.75, 3.05) is 5.73 Å². The smallest absolute Gasteiger partial charge is 0.267 e. The predicted molar refractivity (Wildman–Crippen MR) is 59.0 cm³/mol. The molecule has 0 fully saturated rings. The van der Waals surface area contributed by atoms with Gasteiger partial charge in [0.15, 0.2) is 5.82 Å². The van der Waals surface area contributed by atoms with Gasteiger partial charge < -0.3 is 11.5 Å². The van der Waals surface area contributed by atoms with Crippen LogP contribution in [0.5, 0.6) is 0 Å². The van der Waals surface area contributed by atoms with Crippen LogP contribution in [0.15, 0.2) is 24.4 Å². The lowest BCUT2D eigenvalue weighted by Gasteiger charge is -2.01. The lowest BCUT2D eigenvalue weighted by atomic mass is 10.3. The monoisotopic (exact) mass is 217 g/mol. The molecule has 4 N–H and O–H groups in total. The second-order valence-electron chi connectivity index (χ2n) is 3.39. The Labute approximate surface area is 91.9 Å². The van der Waals surface area contributed by atoms with Gasteiger partial charge in [0.05, 0.1) is 0 Å². The quantitative estimate of drug-likeness (QED) is 0.753. The van der Waals surface area contributed by atoms with E-state index in [0.29, 0.717) is 11.6 Å². The summed E-state index contributed by atoms with van der Waals surface area (Å²) in [5.74, 6) is 0.376. The molecule has 0 saturated carbocycles. The van der Waals surface area contributed by atoms with E-state index in [9.17, 15) is 4.79 Å². The average molecular weight is 217 g/mol. The van der Waals surface area contributed by atoms with Crippen LogP contribution in [-0.4, -0.2) is 20.7 Å². The fourth-order valence-electron chi connectivity index (χ4n) is 1.28. The Morgan fingerprint density at radius 3 is 2.75 bits per heavy atom. The first-order valence-electron chi connectivity index (χ1n) is 4.67. The summed E-state index contributed by atoms with van der Waals surface area (Å²) in [4.78, 5) is 15.0. The average Bonchev–Trinajstić information content (AvgIpc) is 2.59. The Balaban J connectivity index is 2.48. The van der Waals surface area contributed by atoms with Gasteiger partial charge in [-0.2, -0.15) is 0 Å². The zero-order valence-corrected chi connectivity index (χ0v) is 8.71. The Bertz CT molecular complexity index is 526. The van der Waals surface area contributed by atoms with Crippen molar-refractivity contribution in [3.63, 3.8) is 0 Å². The molecule has 2 aromatic heterocycles. The molecular formula is C10H11N5O. The molecule has 0 aliphatic rings. The van der Waals surface area contributed by atoms with Crippen molar-refractivity contribution in [1.82, 2.24) is 14.8 Å². The molecule has 0 unspecified atom stereocenters. The van der Waals surface area contributed by atoms with E-state index in [2.05, 4.69) is 10.1 Å². The maximum atomic E-state index is 11.0. The van der Waals surface area contributed by atoms with Crippen LogP contribution in [0.4, 0.5) is 5.82 Å². The van der Waals surface area contributed by atoms with Gasteiger partial charge in [-0.25, -0.2) is 9.67 Å². The zero-order chi connectivity index (χ0) is 11.7. The number of carbonyl (C=O) groups is 1. The number of nitrogens with zero attached hydrogens (tertiary/aromatic N) is 3. The Hall–Kier alpha value is -2.37. The molecule has 0 spiro atoms. The molecule has 16 heavy (non-hydrogen) atoms. The Kier molecular flexibility index (Phi) is 2.32. The first-order valence-corrected chi connectivity index (χ1v) is 4.67. The van der Waals surface area contributed by atoms with Gasteiger partial charge in [0.25, 0.3) is 5.91 Å². The highest BCUT2D eigenvalue weighted by atomic mass is 16.1. The van der Waals surface area contributed by atoms with Gasteiger partial charge in [0, 0.05) is 11.8 Å². The molecule has 0 aromatic carbocycles. The molecule has 0 radical (unpaired) electrons. The number of carbonyl (C=O) groups excluding carboxylic acids is 1. The number of nitrogens with two attached hydrogens (primary N) is 2. The molecule has 0 bridgehead atoms. The second kappa shape index (κ2) is 3.65. The molecule has 2 heterocycles. The number of aromatic nitrogens is 3. The minimum absolute atomic E-state index is 0.198. The number of pyridine rings is 1. The van der Waals surface area contributed by atoms with E-state index >= 15 is 0 Å². The number of anilines is 1. The van der Waals surface area contributed by atoms with Crippen LogP contribution in [0.1, 0.15) is 16.1 Å². The van der Waals surface area contributed by atoms with E-state index in [4.69, 9.17) is 11.5 Å². The third kappa shape index (κ3) is 1.72. The van der Waals surface area contributed by atoms with Crippen molar-refractivity contribution < 1.29 is 4.79 Å². The van der Waals surface area contributed by atoms with Crippen molar-refractivity contribution in [3.05, 3.63) is 35.7 Å². The lowest BCUT2D eigenvalue weighted by molar-refractivity contribution is 0.0995. The molecule has 6 heteroatoms. The largest absolute Gasteiger partial charge is 0.382 e. The molecule has 2 aromatic rings. The van der Waals surface area contributed by atoms with Crippen molar-refractivity contribution in [2.24, 2.45) is 5.73 Å². The zero-order valence-electron chi connectivity index (χ0n) is 8.71. The molecule has 6 nitrogen and oxygen atoms in total. The van der Waals surface area contributed by atoms with Gasteiger partial charge >= 0.3 is 0 Å². The number of rotatable bonds is 2. The summed E-state index contributed by atoms with van der Waals surface area (Å²) < 4.78 is 1.51. The van der Waals surface area contributed by atoms with Gasteiger partial charge in [0.1, 0.15) is 11.5 Å². The predicted octanol–water partition coefficient (Wildman–Crippen LogP) is 0.257. The van der Waals surface area contributed by atoms with E-state index in [1.165, 1.54) is 4.68 Å². The van der Waals surface area contributed by atoms with Crippen LogP contribution in [0, 0.1) is 6.92 Å². The van der Waals surface area contributed by atoms with Crippen LogP contribution in [-0.2, 0) is 0 Å². The molecule has 2 rings (SSSR count). The summed E-state index contributed by atoms with van der Waals surface area (Å²) in [7, 11) is 0. The Morgan fingerprint density at radius 1 is 1.44 bits per heavy atom. The van der Waals surface area contributed by atoms with E-state index in [1.54, 1.807) is 24.4 Å². The van der Waals surface area contributed by atoms with E-state index in [-0.39, 0.29) is 5.69 Å². The summed E-state index contributed by atoms with van der Waals surface area (Å²) >= 11 is 0. The highest BCUT2D eigenvalue weighted by Crippen LogP contribution is 2.11. The summed E-state index contributed by atoms with van der Waals surface area (Å²) in [5, 5.41) is 4.06. The highest BCUT2D eigenvalue weighted by molar-refractivity contribution is 5.90. The molecule has 1 amide bonds. The van der Waals surface area contributed by atoms with Crippen LogP contribution in [0.3, 0.4) is 0 Å². The van der Waals surface area contributed by atoms with E-state index in [1.807, 2.05) is 6.92 Å². The van der Waals surface area contributed by atoms with Crippen LogP contribution >= 0.6 is 0 Å². The third-order valence-corrected chi connectivity index (χ3v) is 2.16. The second-order valence-corrected chi connectivity index (χ2v) is 3.39. The number of hydrogen-bond donors (Lipinski definition) is 2. The van der Waals surface area contributed by atoms with Crippen LogP contribution < -0.4 is 11.5 Å². The molecule has 0 atom stereocenters. The number of amides is 1. The van der Waals surface area contributed by atoms with E-state index < -0.39 is 5.91 Å². The molecule has 0 saturated heterocycles.